The molecule has 1 aliphatic heterocycles. The van der Waals surface area contributed by atoms with E-state index in [1.54, 1.807) is 23.1 Å². The predicted octanol–water partition coefficient (Wildman–Crippen LogP) is 1.41. The van der Waals surface area contributed by atoms with Crippen LogP contribution in [-0.2, 0) is 20.7 Å². The number of carbonyl (C=O) groups is 2. The summed E-state index contributed by atoms with van der Waals surface area (Å²) in [4.78, 5) is 25.2. The van der Waals surface area contributed by atoms with Crippen molar-refractivity contribution in [1.29, 1.82) is 0 Å². The summed E-state index contributed by atoms with van der Waals surface area (Å²) >= 11 is 0. The molecule has 0 fully saturated rings. The van der Waals surface area contributed by atoms with Gasteiger partial charge in [0.1, 0.15) is 13.2 Å². The minimum absolute atomic E-state index is 0.0994. The molecule has 0 aliphatic carbocycles. The van der Waals surface area contributed by atoms with Crippen LogP contribution >= 0.6 is 0 Å². The van der Waals surface area contributed by atoms with Gasteiger partial charge in [-0.3, -0.25) is 9.59 Å². The SMILES string of the molecule is CCN(CC)C(=O)COC(=O)Cc1ccc2c(c1)OCCO2. The highest BCUT2D eigenvalue weighted by Gasteiger charge is 2.15. The van der Waals surface area contributed by atoms with E-state index in [1.165, 1.54) is 0 Å². The number of rotatable bonds is 6. The zero-order valence-corrected chi connectivity index (χ0v) is 13.0. The highest BCUT2D eigenvalue weighted by molar-refractivity contribution is 5.81. The van der Waals surface area contributed by atoms with Crippen LogP contribution in [0.2, 0.25) is 0 Å². The third-order valence-corrected chi connectivity index (χ3v) is 3.43. The first kappa shape index (κ1) is 16.1. The van der Waals surface area contributed by atoms with Crippen LogP contribution in [0.1, 0.15) is 19.4 Å². The molecule has 1 heterocycles. The molecule has 0 aromatic heterocycles. The van der Waals surface area contributed by atoms with E-state index in [-0.39, 0.29) is 18.9 Å². The van der Waals surface area contributed by atoms with E-state index in [0.717, 1.165) is 5.56 Å². The molecule has 120 valence electrons. The van der Waals surface area contributed by atoms with Gasteiger partial charge in [0, 0.05) is 13.1 Å². The molecule has 2 rings (SSSR count). The summed E-state index contributed by atoms with van der Waals surface area (Å²) in [6.45, 7) is 5.80. The monoisotopic (exact) mass is 307 g/mol. The van der Waals surface area contributed by atoms with Crippen LogP contribution in [0.4, 0.5) is 0 Å². The lowest BCUT2D eigenvalue weighted by atomic mass is 10.1. The van der Waals surface area contributed by atoms with Gasteiger partial charge in [-0.2, -0.15) is 0 Å². The third kappa shape index (κ3) is 4.13. The number of carbonyl (C=O) groups excluding carboxylic acids is 2. The molecule has 0 saturated heterocycles. The summed E-state index contributed by atoms with van der Waals surface area (Å²) < 4.78 is 15.9. The molecular weight excluding hydrogens is 286 g/mol. The molecule has 6 nitrogen and oxygen atoms in total. The second-order valence-corrected chi connectivity index (χ2v) is 4.88. The topological polar surface area (TPSA) is 65.1 Å². The summed E-state index contributed by atoms with van der Waals surface area (Å²) in [5, 5.41) is 0. The summed E-state index contributed by atoms with van der Waals surface area (Å²) in [6, 6.07) is 5.33. The Bertz CT molecular complexity index is 539. The van der Waals surface area contributed by atoms with Crippen molar-refractivity contribution in [3.63, 3.8) is 0 Å². The first-order valence-corrected chi connectivity index (χ1v) is 7.46. The van der Waals surface area contributed by atoms with E-state index in [1.807, 2.05) is 13.8 Å². The minimum Gasteiger partial charge on any atom is -0.486 e. The smallest absolute Gasteiger partial charge is 0.310 e. The molecule has 6 heteroatoms. The number of likely N-dealkylation sites (N-methyl/N-ethyl adjacent to an activating group) is 1. The summed E-state index contributed by atoms with van der Waals surface area (Å²) in [5.41, 5.74) is 0.768. The largest absolute Gasteiger partial charge is 0.486 e. The maximum atomic E-state index is 11.8. The maximum Gasteiger partial charge on any atom is 0.310 e. The summed E-state index contributed by atoms with van der Waals surface area (Å²) in [7, 11) is 0. The van der Waals surface area contributed by atoms with Crippen LogP contribution in [0, 0.1) is 0 Å². The number of hydrogen-bond donors (Lipinski definition) is 0. The fourth-order valence-corrected chi connectivity index (χ4v) is 2.23. The highest BCUT2D eigenvalue weighted by atomic mass is 16.6. The van der Waals surface area contributed by atoms with Crippen molar-refractivity contribution in [3.8, 4) is 11.5 Å². The van der Waals surface area contributed by atoms with Crippen molar-refractivity contribution in [2.45, 2.75) is 20.3 Å². The maximum absolute atomic E-state index is 11.8. The van der Waals surface area contributed by atoms with Gasteiger partial charge in [0.25, 0.3) is 5.91 Å². The first-order valence-electron chi connectivity index (χ1n) is 7.46. The molecule has 0 N–H and O–H groups in total. The van der Waals surface area contributed by atoms with E-state index in [0.29, 0.717) is 37.8 Å². The highest BCUT2D eigenvalue weighted by Crippen LogP contribution is 2.30. The summed E-state index contributed by atoms with van der Waals surface area (Å²) in [5.74, 6) is 0.702. The standard InChI is InChI=1S/C16H21NO5/c1-3-17(4-2)15(18)11-22-16(19)10-12-5-6-13-14(9-12)21-8-7-20-13/h5-6,9H,3-4,7-8,10-11H2,1-2H3. The number of nitrogens with zero attached hydrogens (tertiary/aromatic N) is 1. The van der Waals surface area contributed by atoms with Crippen LogP contribution in [-0.4, -0.2) is 49.7 Å². The number of ether oxygens (including phenoxy) is 3. The van der Waals surface area contributed by atoms with Crippen molar-refractivity contribution in [1.82, 2.24) is 4.90 Å². The van der Waals surface area contributed by atoms with Crippen LogP contribution in [0.25, 0.3) is 0 Å². The lowest BCUT2D eigenvalue weighted by Crippen LogP contribution is -2.34. The Labute approximate surface area is 129 Å². The zero-order chi connectivity index (χ0) is 15.9. The molecule has 0 radical (unpaired) electrons. The molecule has 0 saturated carbocycles. The Morgan fingerprint density at radius 1 is 1.14 bits per heavy atom. The number of hydrogen-bond acceptors (Lipinski definition) is 5. The number of amides is 1. The average Bonchev–Trinajstić information content (AvgIpc) is 2.54. The fourth-order valence-electron chi connectivity index (χ4n) is 2.23. The van der Waals surface area contributed by atoms with Gasteiger partial charge >= 0.3 is 5.97 Å². The number of fused-ring (bicyclic) bond motifs is 1. The number of esters is 1. The van der Waals surface area contributed by atoms with E-state index in [9.17, 15) is 9.59 Å². The van der Waals surface area contributed by atoms with Gasteiger partial charge in [-0.05, 0) is 31.5 Å². The molecule has 1 aromatic carbocycles. The molecule has 0 spiro atoms. The Morgan fingerprint density at radius 3 is 2.50 bits per heavy atom. The molecule has 0 unspecified atom stereocenters. The van der Waals surface area contributed by atoms with Gasteiger partial charge in [-0.25, -0.2) is 0 Å². The Balaban J connectivity index is 1.85. The molecule has 22 heavy (non-hydrogen) atoms. The molecular formula is C16H21NO5. The molecule has 0 atom stereocenters. The van der Waals surface area contributed by atoms with Crippen molar-refractivity contribution in [3.05, 3.63) is 23.8 Å². The van der Waals surface area contributed by atoms with Crippen LogP contribution in [0.5, 0.6) is 11.5 Å². The van der Waals surface area contributed by atoms with Crippen molar-refractivity contribution >= 4 is 11.9 Å². The van der Waals surface area contributed by atoms with E-state index in [4.69, 9.17) is 14.2 Å². The van der Waals surface area contributed by atoms with Crippen molar-refractivity contribution in [2.75, 3.05) is 32.9 Å². The van der Waals surface area contributed by atoms with E-state index in [2.05, 4.69) is 0 Å². The lowest BCUT2D eigenvalue weighted by Gasteiger charge is -2.19. The minimum atomic E-state index is -0.433. The van der Waals surface area contributed by atoms with Crippen LogP contribution < -0.4 is 9.47 Å². The quantitative estimate of drug-likeness (QED) is 0.744. The Kier molecular flexibility index (Phi) is 5.63. The van der Waals surface area contributed by atoms with Crippen LogP contribution in [0.15, 0.2) is 18.2 Å². The predicted molar refractivity (Wildman–Crippen MR) is 80.0 cm³/mol. The second kappa shape index (κ2) is 7.68. The van der Waals surface area contributed by atoms with Gasteiger partial charge in [-0.15, -0.1) is 0 Å². The molecule has 1 amide bonds. The van der Waals surface area contributed by atoms with Gasteiger partial charge < -0.3 is 19.1 Å². The first-order chi connectivity index (χ1) is 10.6. The lowest BCUT2D eigenvalue weighted by molar-refractivity contribution is -0.151. The second-order valence-electron chi connectivity index (χ2n) is 4.88. The van der Waals surface area contributed by atoms with Gasteiger partial charge in [0.2, 0.25) is 0 Å². The fraction of sp³-hybridized carbons (Fsp3) is 0.500. The van der Waals surface area contributed by atoms with Crippen molar-refractivity contribution < 1.29 is 23.8 Å². The Morgan fingerprint density at radius 2 is 1.82 bits per heavy atom. The Hall–Kier alpha value is -2.24. The normalized spacial score (nSPS) is 12.6. The van der Waals surface area contributed by atoms with Gasteiger partial charge in [0.15, 0.2) is 18.1 Å². The molecule has 1 aromatic rings. The zero-order valence-electron chi connectivity index (χ0n) is 13.0. The molecule has 0 bridgehead atoms. The van der Waals surface area contributed by atoms with Gasteiger partial charge in [0.05, 0.1) is 6.42 Å². The van der Waals surface area contributed by atoms with Crippen LogP contribution in [0.3, 0.4) is 0 Å². The van der Waals surface area contributed by atoms with Gasteiger partial charge in [-0.1, -0.05) is 6.07 Å². The van der Waals surface area contributed by atoms with Crippen molar-refractivity contribution in [2.24, 2.45) is 0 Å². The van der Waals surface area contributed by atoms with E-state index >= 15 is 0 Å². The number of benzene rings is 1. The summed E-state index contributed by atoms with van der Waals surface area (Å²) in [6.07, 6.45) is 0.0994. The van der Waals surface area contributed by atoms with E-state index < -0.39 is 5.97 Å². The average molecular weight is 307 g/mol. The molecule has 1 aliphatic rings. The third-order valence-electron chi connectivity index (χ3n) is 3.43.